The van der Waals surface area contributed by atoms with Crippen LogP contribution in [0.15, 0.2) is 33.9 Å². The van der Waals surface area contributed by atoms with E-state index in [-0.39, 0.29) is 0 Å². The van der Waals surface area contributed by atoms with Gasteiger partial charge >= 0.3 is 0 Å². The zero-order chi connectivity index (χ0) is 12.4. The van der Waals surface area contributed by atoms with Gasteiger partial charge in [0, 0.05) is 11.8 Å². The maximum absolute atomic E-state index is 12.2. The zero-order valence-electron chi connectivity index (χ0n) is 10.1. The number of piperidine rings is 1. The number of aromatic nitrogens is 1. The van der Waals surface area contributed by atoms with E-state index in [2.05, 4.69) is 10.3 Å². The molecule has 0 saturated carbocycles. The van der Waals surface area contributed by atoms with E-state index in [0.29, 0.717) is 22.6 Å². The van der Waals surface area contributed by atoms with Gasteiger partial charge in [0.05, 0.1) is 0 Å². The van der Waals surface area contributed by atoms with Gasteiger partial charge in [0.25, 0.3) is 5.22 Å². The summed E-state index contributed by atoms with van der Waals surface area (Å²) in [5.74, 6) is 0.590. The summed E-state index contributed by atoms with van der Waals surface area (Å²) in [6.45, 7) is 1.02. The van der Waals surface area contributed by atoms with Gasteiger partial charge in [0.15, 0.2) is 5.58 Å². The van der Waals surface area contributed by atoms with Crippen LogP contribution in [0.2, 0.25) is 0 Å². The molecule has 1 aromatic heterocycles. The van der Waals surface area contributed by atoms with Crippen LogP contribution in [-0.4, -0.2) is 27.5 Å². The summed E-state index contributed by atoms with van der Waals surface area (Å²) in [6.07, 6.45) is 3.51. The summed E-state index contributed by atoms with van der Waals surface area (Å²) in [5.41, 5.74) is 1.48. The van der Waals surface area contributed by atoms with Crippen LogP contribution in [0.5, 0.6) is 0 Å². The highest BCUT2D eigenvalue weighted by Gasteiger charge is 2.19. The predicted octanol–water partition coefficient (Wildman–Crippen LogP) is 2.08. The SMILES string of the molecule is O=S(CC1CCCCN1)c1nc2ccccc2o1. The van der Waals surface area contributed by atoms with Crippen molar-refractivity contribution in [3.05, 3.63) is 24.3 Å². The molecular formula is C13H16N2O2S. The van der Waals surface area contributed by atoms with Crippen molar-refractivity contribution in [3.63, 3.8) is 0 Å². The van der Waals surface area contributed by atoms with Crippen molar-refractivity contribution in [2.75, 3.05) is 12.3 Å². The first kappa shape index (κ1) is 11.9. The van der Waals surface area contributed by atoms with Gasteiger partial charge in [-0.25, -0.2) is 9.19 Å². The molecule has 1 aliphatic heterocycles. The van der Waals surface area contributed by atoms with E-state index in [0.717, 1.165) is 18.5 Å². The fourth-order valence-corrected chi connectivity index (χ4v) is 3.44. The molecule has 2 unspecified atom stereocenters. The van der Waals surface area contributed by atoms with E-state index < -0.39 is 10.8 Å². The second-order valence-electron chi connectivity index (χ2n) is 4.61. The maximum Gasteiger partial charge on any atom is 0.287 e. The summed E-state index contributed by atoms with van der Waals surface area (Å²) in [4.78, 5) is 4.28. The second kappa shape index (κ2) is 5.20. The largest absolute Gasteiger partial charge is 0.430 e. The molecule has 3 rings (SSSR count). The molecule has 0 spiro atoms. The number of benzene rings is 1. The Kier molecular flexibility index (Phi) is 3.43. The Bertz CT molecular complexity index is 528. The van der Waals surface area contributed by atoms with Crippen molar-refractivity contribution in [1.29, 1.82) is 0 Å². The summed E-state index contributed by atoms with van der Waals surface area (Å²) in [5, 5.41) is 3.74. The molecule has 18 heavy (non-hydrogen) atoms. The smallest absolute Gasteiger partial charge is 0.287 e. The first-order valence-corrected chi connectivity index (χ1v) is 7.62. The molecule has 1 aliphatic rings. The Morgan fingerprint density at radius 2 is 2.28 bits per heavy atom. The molecule has 96 valence electrons. The quantitative estimate of drug-likeness (QED) is 0.922. The molecule has 2 atom stereocenters. The Hall–Kier alpha value is -1.20. The third kappa shape index (κ3) is 2.47. The average Bonchev–Trinajstić information content (AvgIpc) is 2.84. The van der Waals surface area contributed by atoms with Crippen LogP contribution in [-0.2, 0) is 10.8 Å². The van der Waals surface area contributed by atoms with E-state index in [9.17, 15) is 4.21 Å². The van der Waals surface area contributed by atoms with E-state index in [4.69, 9.17) is 4.42 Å². The summed E-state index contributed by atoms with van der Waals surface area (Å²) in [6, 6.07) is 7.85. The fraction of sp³-hybridized carbons (Fsp3) is 0.462. The van der Waals surface area contributed by atoms with Gasteiger partial charge in [-0.05, 0) is 31.5 Å². The first-order chi connectivity index (χ1) is 8.83. The lowest BCUT2D eigenvalue weighted by Gasteiger charge is -2.22. The van der Waals surface area contributed by atoms with Gasteiger partial charge in [0.2, 0.25) is 0 Å². The first-order valence-electron chi connectivity index (χ1n) is 6.30. The Labute approximate surface area is 108 Å². The van der Waals surface area contributed by atoms with E-state index in [1.165, 1.54) is 12.8 Å². The topological polar surface area (TPSA) is 55.1 Å². The van der Waals surface area contributed by atoms with Crippen LogP contribution in [0, 0.1) is 0 Å². The van der Waals surface area contributed by atoms with Gasteiger partial charge in [-0.2, -0.15) is 0 Å². The number of nitrogens with one attached hydrogen (secondary N) is 1. The Morgan fingerprint density at radius 1 is 1.39 bits per heavy atom. The highest BCUT2D eigenvalue weighted by molar-refractivity contribution is 7.84. The van der Waals surface area contributed by atoms with Crippen LogP contribution < -0.4 is 5.32 Å². The Balaban J connectivity index is 1.74. The monoisotopic (exact) mass is 264 g/mol. The van der Waals surface area contributed by atoms with Crippen molar-refractivity contribution in [2.24, 2.45) is 0 Å². The highest BCUT2D eigenvalue weighted by atomic mass is 32.2. The summed E-state index contributed by atoms with van der Waals surface area (Å²) >= 11 is 0. The van der Waals surface area contributed by atoms with Gasteiger partial charge in [-0.1, -0.05) is 18.6 Å². The lowest BCUT2D eigenvalue weighted by molar-refractivity contribution is 0.423. The number of rotatable bonds is 3. The van der Waals surface area contributed by atoms with E-state index in [1.807, 2.05) is 24.3 Å². The van der Waals surface area contributed by atoms with Crippen LogP contribution in [0.1, 0.15) is 19.3 Å². The highest BCUT2D eigenvalue weighted by Crippen LogP contribution is 2.18. The predicted molar refractivity (Wildman–Crippen MR) is 70.9 cm³/mol. The molecule has 1 fully saturated rings. The lowest BCUT2D eigenvalue weighted by atomic mass is 10.1. The maximum atomic E-state index is 12.2. The number of hydrogen-bond acceptors (Lipinski definition) is 4. The number of oxazole rings is 1. The van der Waals surface area contributed by atoms with Crippen molar-refractivity contribution in [3.8, 4) is 0 Å². The summed E-state index contributed by atoms with van der Waals surface area (Å²) in [7, 11) is -1.15. The molecule has 0 aliphatic carbocycles. The molecule has 4 nitrogen and oxygen atoms in total. The molecule has 0 amide bonds. The minimum atomic E-state index is -1.15. The number of fused-ring (bicyclic) bond motifs is 1. The molecule has 2 aromatic rings. The molecular weight excluding hydrogens is 248 g/mol. The normalized spacial score (nSPS) is 22.1. The van der Waals surface area contributed by atoms with Crippen LogP contribution in [0.4, 0.5) is 0 Å². The average molecular weight is 264 g/mol. The molecule has 1 aromatic carbocycles. The molecule has 1 saturated heterocycles. The third-order valence-corrected chi connectivity index (χ3v) is 4.50. The molecule has 0 radical (unpaired) electrons. The van der Waals surface area contributed by atoms with Crippen LogP contribution in [0.25, 0.3) is 11.1 Å². The molecule has 5 heteroatoms. The molecule has 2 heterocycles. The molecule has 1 N–H and O–H groups in total. The van der Waals surface area contributed by atoms with Crippen LogP contribution >= 0.6 is 0 Å². The third-order valence-electron chi connectivity index (χ3n) is 3.23. The molecule has 0 bridgehead atoms. The fourth-order valence-electron chi connectivity index (χ4n) is 2.27. The van der Waals surface area contributed by atoms with Gasteiger partial charge in [-0.15, -0.1) is 0 Å². The zero-order valence-corrected chi connectivity index (χ0v) is 10.9. The van der Waals surface area contributed by atoms with E-state index in [1.54, 1.807) is 0 Å². The number of hydrogen-bond donors (Lipinski definition) is 1. The summed E-state index contributed by atoms with van der Waals surface area (Å²) < 4.78 is 17.7. The lowest BCUT2D eigenvalue weighted by Crippen LogP contribution is -2.38. The second-order valence-corrected chi connectivity index (χ2v) is 5.98. The van der Waals surface area contributed by atoms with Crippen molar-refractivity contribution in [2.45, 2.75) is 30.5 Å². The van der Waals surface area contributed by atoms with Gasteiger partial charge < -0.3 is 9.73 Å². The van der Waals surface area contributed by atoms with Crippen molar-refractivity contribution in [1.82, 2.24) is 10.3 Å². The minimum absolute atomic E-state index is 0.328. The van der Waals surface area contributed by atoms with Gasteiger partial charge in [0.1, 0.15) is 16.3 Å². The van der Waals surface area contributed by atoms with Crippen molar-refractivity contribution < 1.29 is 8.63 Å². The standard InChI is InChI=1S/C13H16N2O2S/c16-18(9-10-5-3-4-8-14-10)13-15-11-6-1-2-7-12(11)17-13/h1-2,6-7,10,14H,3-5,8-9H2. The number of nitrogens with zero attached hydrogens (tertiary/aromatic N) is 1. The van der Waals surface area contributed by atoms with Crippen LogP contribution in [0.3, 0.4) is 0 Å². The Morgan fingerprint density at radius 3 is 3.06 bits per heavy atom. The van der Waals surface area contributed by atoms with Crippen molar-refractivity contribution >= 4 is 21.9 Å². The minimum Gasteiger partial charge on any atom is -0.430 e. The number of para-hydroxylation sites is 2. The van der Waals surface area contributed by atoms with Gasteiger partial charge in [-0.3, -0.25) is 0 Å². The van der Waals surface area contributed by atoms with E-state index >= 15 is 0 Å².